The predicted molar refractivity (Wildman–Crippen MR) is 103 cm³/mol. The highest BCUT2D eigenvalue weighted by molar-refractivity contribution is 7.99. The SMILES string of the molecule is OCc1cc2ccccc2nc1NCC1(N2CCOCC2)CCSC1. The Morgan fingerprint density at radius 3 is 2.88 bits per heavy atom. The summed E-state index contributed by atoms with van der Waals surface area (Å²) in [5.41, 5.74) is 1.99. The third-order valence-corrected chi connectivity index (χ3v) is 6.56. The molecule has 134 valence electrons. The van der Waals surface area contributed by atoms with Gasteiger partial charge < -0.3 is 15.2 Å². The number of morpholine rings is 1. The molecule has 2 aliphatic rings. The number of ether oxygens (including phenoxy) is 1. The van der Waals surface area contributed by atoms with Gasteiger partial charge in [-0.25, -0.2) is 4.98 Å². The van der Waals surface area contributed by atoms with Crippen molar-refractivity contribution in [2.75, 3.05) is 49.7 Å². The standard InChI is InChI=1S/C19H25N3O2S/c23-12-16-11-15-3-1-2-4-17(15)21-18(16)20-13-19(5-10-25-14-19)22-6-8-24-9-7-22/h1-4,11,23H,5-10,12-14H2,(H,20,21). The first kappa shape index (κ1) is 17.1. The first-order valence-electron chi connectivity index (χ1n) is 8.95. The van der Waals surface area contributed by atoms with Crippen LogP contribution in [0.3, 0.4) is 0 Å². The van der Waals surface area contributed by atoms with Gasteiger partial charge in [0.05, 0.1) is 25.3 Å². The molecule has 2 saturated heterocycles. The van der Waals surface area contributed by atoms with E-state index >= 15 is 0 Å². The molecule has 0 bridgehead atoms. The van der Waals surface area contributed by atoms with Crippen molar-refractivity contribution in [3.05, 3.63) is 35.9 Å². The van der Waals surface area contributed by atoms with E-state index in [9.17, 15) is 5.11 Å². The third-order valence-electron chi connectivity index (χ3n) is 5.32. The van der Waals surface area contributed by atoms with Crippen LogP contribution < -0.4 is 5.32 Å². The number of hydrogen-bond acceptors (Lipinski definition) is 6. The molecule has 0 amide bonds. The summed E-state index contributed by atoms with van der Waals surface area (Å²) < 4.78 is 5.54. The number of rotatable bonds is 5. The molecule has 0 aliphatic carbocycles. The van der Waals surface area contributed by atoms with E-state index in [0.29, 0.717) is 0 Å². The lowest BCUT2D eigenvalue weighted by atomic mass is 9.95. The predicted octanol–water partition coefficient (Wildman–Crippen LogP) is 2.35. The summed E-state index contributed by atoms with van der Waals surface area (Å²) in [4.78, 5) is 7.35. The van der Waals surface area contributed by atoms with Gasteiger partial charge in [-0.1, -0.05) is 18.2 Å². The molecule has 2 N–H and O–H groups in total. The maximum Gasteiger partial charge on any atom is 0.132 e. The van der Waals surface area contributed by atoms with Crippen LogP contribution >= 0.6 is 11.8 Å². The normalized spacial score (nSPS) is 24.7. The van der Waals surface area contributed by atoms with Gasteiger partial charge in [0.2, 0.25) is 0 Å². The molecule has 1 aromatic heterocycles. The largest absolute Gasteiger partial charge is 0.392 e. The summed E-state index contributed by atoms with van der Waals surface area (Å²) in [7, 11) is 0. The average Bonchev–Trinajstić information content (AvgIpc) is 3.16. The number of nitrogens with zero attached hydrogens (tertiary/aromatic N) is 2. The summed E-state index contributed by atoms with van der Waals surface area (Å²) in [6.07, 6.45) is 1.19. The molecule has 1 atom stereocenters. The molecule has 4 rings (SSSR count). The molecular weight excluding hydrogens is 334 g/mol. The quantitative estimate of drug-likeness (QED) is 0.855. The molecule has 6 heteroatoms. The molecule has 2 aromatic rings. The monoisotopic (exact) mass is 359 g/mol. The topological polar surface area (TPSA) is 57.6 Å². The Balaban J connectivity index is 1.57. The zero-order valence-corrected chi connectivity index (χ0v) is 15.2. The molecule has 0 saturated carbocycles. The fourth-order valence-electron chi connectivity index (χ4n) is 3.82. The first-order chi connectivity index (χ1) is 12.3. The number of hydrogen-bond donors (Lipinski definition) is 2. The van der Waals surface area contributed by atoms with E-state index in [1.54, 1.807) is 0 Å². The number of pyridine rings is 1. The highest BCUT2D eigenvalue weighted by Crippen LogP contribution is 2.34. The van der Waals surface area contributed by atoms with Crippen molar-refractivity contribution >= 4 is 28.5 Å². The molecule has 0 spiro atoms. The van der Waals surface area contributed by atoms with Gasteiger partial charge in [0.25, 0.3) is 0 Å². The summed E-state index contributed by atoms with van der Waals surface area (Å²) >= 11 is 2.03. The minimum absolute atomic E-state index is 0.000524. The fraction of sp³-hybridized carbons (Fsp3) is 0.526. The molecule has 2 fully saturated rings. The molecule has 3 heterocycles. The molecule has 1 unspecified atom stereocenters. The Morgan fingerprint density at radius 2 is 2.12 bits per heavy atom. The first-order valence-corrected chi connectivity index (χ1v) is 10.1. The molecular formula is C19H25N3O2S. The average molecular weight is 359 g/mol. The number of benzene rings is 1. The zero-order chi connectivity index (χ0) is 17.1. The Bertz CT molecular complexity index is 728. The summed E-state index contributed by atoms with van der Waals surface area (Å²) in [5, 5.41) is 14.4. The van der Waals surface area contributed by atoms with Crippen LogP contribution in [0.5, 0.6) is 0 Å². The van der Waals surface area contributed by atoms with E-state index in [4.69, 9.17) is 9.72 Å². The number of anilines is 1. The molecule has 0 radical (unpaired) electrons. The number of fused-ring (bicyclic) bond motifs is 1. The third kappa shape index (κ3) is 3.49. The van der Waals surface area contributed by atoms with Gasteiger partial charge in [0, 0.05) is 41.9 Å². The Kier molecular flexibility index (Phi) is 5.12. The van der Waals surface area contributed by atoms with E-state index in [0.717, 1.165) is 60.9 Å². The van der Waals surface area contributed by atoms with Gasteiger partial charge in [-0.2, -0.15) is 11.8 Å². The van der Waals surface area contributed by atoms with Crippen molar-refractivity contribution in [2.24, 2.45) is 0 Å². The summed E-state index contributed by atoms with van der Waals surface area (Å²) in [5.74, 6) is 3.16. The second-order valence-electron chi connectivity index (χ2n) is 6.83. The molecule has 25 heavy (non-hydrogen) atoms. The molecule has 5 nitrogen and oxygen atoms in total. The number of para-hydroxylation sites is 1. The number of aliphatic hydroxyl groups excluding tert-OH is 1. The van der Waals surface area contributed by atoms with Crippen molar-refractivity contribution in [3.63, 3.8) is 0 Å². The van der Waals surface area contributed by atoms with Gasteiger partial charge in [-0.3, -0.25) is 4.90 Å². The van der Waals surface area contributed by atoms with Crippen LogP contribution in [0.25, 0.3) is 10.9 Å². The molecule has 2 aliphatic heterocycles. The van der Waals surface area contributed by atoms with E-state index in [2.05, 4.69) is 10.2 Å². The van der Waals surface area contributed by atoms with Crippen molar-refractivity contribution in [3.8, 4) is 0 Å². The Morgan fingerprint density at radius 1 is 1.28 bits per heavy atom. The lowest BCUT2D eigenvalue weighted by molar-refractivity contribution is -0.00923. The van der Waals surface area contributed by atoms with Crippen molar-refractivity contribution in [2.45, 2.75) is 18.6 Å². The second kappa shape index (κ2) is 7.50. The van der Waals surface area contributed by atoms with E-state index in [-0.39, 0.29) is 12.1 Å². The van der Waals surface area contributed by atoms with Crippen LogP contribution in [0.2, 0.25) is 0 Å². The zero-order valence-electron chi connectivity index (χ0n) is 14.4. The smallest absolute Gasteiger partial charge is 0.132 e. The van der Waals surface area contributed by atoms with Crippen LogP contribution in [-0.2, 0) is 11.3 Å². The number of nitrogens with one attached hydrogen (secondary N) is 1. The van der Waals surface area contributed by atoms with Gasteiger partial charge in [0.15, 0.2) is 0 Å². The van der Waals surface area contributed by atoms with Gasteiger partial charge >= 0.3 is 0 Å². The van der Waals surface area contributed by atoms with Crippen LogP contribution in [0, 0.1) is 0 Å². The second-order valence-corrected chi connectivity index (χ2v) is 7.93. The highest BCUT2D eigenvalue weighted by atomic mass is 32.2. The number of aliphatic hydroxyl groups is 1. The van der Waals surface area contributed by atoms with E-state index in [1.807, 2.05) is 42.1 Å². The maximum absolute atomic E-state index is 9.77. The highest BCUT2D eigenvalue weighted by Gasteiger charge is 2.40. The van der Waals surface area contributed by atoms with E-state index < -0.39 is 0 Å². The van der Waals surface area contributed by atoms with Crippen LogP contribution in [0.4, 0.5) is 5.82 Å². The summed E-state index contributed by atoms with van der Waals surface area (Å²) in [6, 6.07) is 10.1. The van der Waals surface area contributed by atoms with Gasteiger partial charge in [-0.15, -0.1) is 0 Å². The lowest BCUT2D eigenvalue weighted by Crippen LogP contribution is -2.57. The van der Waals surface area contributed by atoms with E-state index in [1.165, 1.54) is 12.2 Å². The number of thioether (sulfide) groups is 1. The van der Waals surface area contributed by atoms with Crippen LogP contribution in [0.1, 0.15) is 12.0 Å². The van der Waals surface area contributed by atoms with Gasteiger partial charge in [-0.05, 0) is 24.3 Å². The maximum atomic E-state index is 9.77. The van der Waals surface area contributed by atoms with Crippen molar-refractivity contribution in [1.29, 1.82) is 0 Å². The van der Waals surface area contributed by atoms with Gasteiger partial charge in [0.1, 0.15) is 5.82 Å². The number of aromatic nitrogens is 1. The van der Waals surface area contributed by atoms with Crippen LogP contribution in [-0.4, -0.2) is 64.9 Å². The van der Waals surface area contributed by atoms with Crippen molar-refractivity contribution < 1.29 is 9.84 Å². The van der Waals surface area contributed by atoms with Crippen molar-refractivity contribution in [1.82, 2.24) is 9.88 Å². The Labute approximate surface area is 152 Å². The minimum Gasteiger partial charge on any atom is -0.392 e. The van der Waals surface area contributed by atoms with Crippen LogP contribution in [0.15, 0.2) is 30.3 Å². The summed E-state index contributed by atoms with van der Waals surface area (Å²) in [6.45, 7) is 4.50. The fourth-order valence-corrected chi connectivity index (χ4v) is 5.29. The minimum atomic E-state index is -0.000524. The molecule has 1 aromatic carbocycles. The lowest BCUT2D eigenvalue weighted by Gasteiger charge is -2.43. The Hall–Kier alpha value is -1.34.